The Kier molecular flexibility index (Phi) is 2.82. The van der Waals surface area contributed by atoms with Crippen molar-refractivity contribution in [2.45, 2.75) is 19.9 Å². The van der Waals surface area contributed by atoms with Crippen LogP contribution in [0.3, 0.4) is 0 Å². The van der Waals surface area contributed by atoms with E-state index in [0.29, 0.717) is 0 Å². The van der Waals surface area contributed by atoms with Gasteiger partial charge in [0.1, 0.15) is 0 Å². The van der Waals surface area contributed by atoms with E-state index in [1.54, 1.807) is 6.07 Å². The molecule has 1 aliphatic rings. The summed E-state index contributed by atoms with van der Waals surface area (Å²) in [6.45, 7) is 4.05. The summed E-state index contributed by atoms with van der Waals surface area (Å²) in [5.74, 6) is 1.59. The molecule has 1 saturated carbocycles. The van der Waals surface area contributed by atoms with E-state index in [1.807, 2.05) is 6.07 Å². The molecule has 0 amide bonds. The number of nitrogens with one attached hydrogen (secondary N) is 1. The summed E-state index contributed by atoms with van der Waals surface area (Å²) in [4.78, 5) is 0. The lowest BCUT2D eigenvalue weighted by Gasteiger charge is -2.05. The third kappa shape index (κ3) is 2.63. The van der Waals surface area contributed by atoms with Crippen molar-refractivity contribution in [3.8, 4) is 11.5 Å². The van der Waals surface area contributed by atoms with Crippen molar-refractivity contribution in [2.24, 2.45) is 11.8 Å². The lowest BCUT2D eigenvalue weighted by Crippen LogP contribution is -2.16. The topological polar surface area (TPSA) is 52.5 Å². The maximum absolute atomic E-state index is 9.29. The fraction of sp³-hybridized carbons (Fsp3) is 0.500. The molecule has 82 valence electrons. The number of hydrogen-bond acceptors (Lipinski definition) is 3. The second-order valence-corrected chi connectivity index (χ2v) is 4.43. The first-order chi connectivity index (χ1) is 7.16. The van der Waals surface area contributed by atoms with Gasteiger partial charge in [-0.25, -0.2) is 0 Å². The number of rotatable bonds is 4. The van der Waals surface area contributed by atoms with Crippen LogP contribution in [0, 0.1) is 11.8 Å². The maximum atomic E-state index is 9.29. The van der Waals surface area contributed by atoms with Crippen molar-refractivity contribution in [3.05, 3.63) is 23.8 Å². The van der Waals surface area contributed by atoms with E-state index < -0.39 is 0 Å². The van der Waals surface area contributed by atoms with Crippen LogP contribution in [-0.2, 0) is 6.54 Å². The predicted molar refractivity (Wildman–Crippen MR) is 58.7 cm³/mol. The van der Waals surface area contributed by atoms with Crippen LogP contribution in [0.2, 0.25) is 0 Å². The number of hydrogen-bond donors (Lipinski definition) is 3. The van der Waals surface area contributed by atoms with Gasteiger partial charge in [0.25, 0.3) is 0 Å². The van der Waals surface area contributed by atoms with Crippen molar-refractivity contribution in [1.82, 2.24) is 5.32 Å². The summed E-state index contributed by atoms with van der Waals surface area (Å²) in [7, 11) is 0. The molecule has 0 spiro atoms. The zero-order valence-corrected chi connectivity index (χ0v) is 8.90. The lowest BCUT2D eigenvalue weighted by atomic mass is 10.2. The Labute approximate surface area is 89.8 Å². The van der Waals surface area contributed by atoms with E-state index in [9.17, 15) is 5.11 Å². The second-order valence-electron chi connectivity index (χ2n) is 4.43. The highest BCUT2D eigenvalue weighted by Crippen LogP contribution is 2.36. The van der Waals surface area contributed by atoms with Crippen molar-refractivity contribution >= 4 is 0 Å². The molecule has 2 atom stereocenters. The highest BCUT2D eigenvalue weighted by molar-refractivity contribution is 5.40. The smallest absolute Gasteiger partial charge is 0.157 e. The number of benzene rings is 1. The van der Waals surface area contributed by atoms with Crippen LogP contribution in [-0.4, -0.2) is 16.8 Å². The van der Waals surface area contributed by atoms with E-state index >= 15 is 0 Å². The van der Waals surface area contributed by atoms with Crippen LogP contribution in [0.1, 0.15) is 18.9 Å². The second kappa shape index (κ2) is 4.11. The average Bonchev–Trinajstić information content (AvgIpc) is 2.88. The van der Waals surface area contributed by atoms with Crippen molar-refractivity contribution < 1.29 is 10.2 Å². The molecule has 3 heteroatoms. The highest BCUT2D eigenvalue weighted by Gasteiger charge is 2.31. The van der Waals surface area contributed by atoms with Gasteiger partial charge >= 0.3 is 0 Å². The van der Waals surface area contributed by atoms with Crippen molar-refractivity contribution in [2.75, 3.05) is 6.54 Å². The third-order valence-electron chi connectivity index (χ3n) is 3.05. The molecule has 0 aliphatic heterocycles. The number of phenols is 2. The molecule has 2 rings (SSSR count). The van der Waals surface area contributed by atoms with Crippen LogP contribution >= 0.6 is 0 Å². The van der Waals surface area contributed by atoms with Gasteiger partial charge in [-0.3, -0.25) is 0 Å². The maximum Gasteiger partial charge on any atom is 0.157 e. The van der Waals surface area contributed by atoms with E-state index in [2.05, 4.69) is 12.2 Å². The third-order valence-corrected chi connectivity index (χ3v) is 3.05. The van der Waals surface area contributed by atoms with Gasteiger partial charge in [0.2, 0.25) is 0 Å². The zero-order valence-electron chi connectivity index (χ0n) is 8.90. The van der Waals surface area contributed by atoms with Crippen LogP contribution < -0.4 is 5.32 Å². The first kappa shape index (κ1) is 10.3. The Morgan fingerprint density at radius 3 is 2.67 bits per heavy atom. The molecule has 3 N–H and O–H groups in total. The Morgan fingerprint density at radius 2 is 2.07 bits per heavy atom. The molecule has 0 heterocycles. The fourth-order valence-corrected chi connectivity index (χ4v) is 1.76. The van der Waals surface area contributed by atoms with Gasteiger partial charge < -0.3 is 15.5 Å². The molecule has 0 aromatic heterocycles. The Morgan fingerprint density at radius 1 is 1.33 bits per heavy atom. The molecule has 0 radical (unpaired) electrons. The van der Waals surface area contributed by atoms with Gasteiger partial charge in [-0.2, -0.15) is 0 Å². The van der Waals surface area contributed by atoms with Gasteiger partial charge in [-0.15, -0.1) is 0 Å². The molecule has 0 bridgehead atoms. The number of phenolic OH excluding ortho intramolecular Hbond substituents is 2. The fourth-order valence-electron chi connectivity index (χ4n) is 1.76. The minimum atomic E-state index is -0.0606. The van der Waals surface area contributed by atoms with Gasteiger partial charge in [-0.05, 0) is 42.5 Å². The molecule has 1 aliphatic carbocycles. The lowest BCUT2D eigenvalue weighted by molar-refractivity contribution is 0.403. The van der Waals surface area contributed by atoms with E-state index in [1.165, 1.54) is 12.5 Å². The largest absolute Gasteiger partial charge is 0.504 e. The molecule has 3 nitrogen and oxygen atoms in total. The molecule has 2 unspecified atom stereocenters. The van der Waals surface area contributed by atoms with Crippen molar-refractivity contribution in [3.63, 3.8) is 0 Å². The number of aromatic hydroxyl groups is 2. The van der Waals surface area contributed by atoms with Crippen molar-refractivity contribution in [1.29, 1.82) is 0 Å². The Balaban J connectivity index is 1.80. The van der Waals surface area contributed by atoms with Gasteiger partial charge in [0, 0.05) is 6.54 Å². The quantitative estimate of drug-likeness (QED) is 0.660. The average molecular weight is 207 g/mol. The highest BCUT2D eigenvalue weighted by atomic mass is 16.3. The molecule has 15 heavy (non-hydrogen) atoms. The molecule has 0 saturated heterocycles. The Hall–Kier alpha value is -1.22. The zero-order chi connectivity index (χ0) is 10.8. The summed E-state index contributed by atoms with van der Waals surface area (Å²) in [6.07, 6.45) is 1.33. The summed E-state index contributed by atoms with van der Waals surface area (Å²) in [6, 6.07) is 4.93. The normalized spacial score (nSPS) is 24.1. The first-order valence-electron chi connectivity index (χ1n) is 5.38. The molecule has 1 aromatic rings. The van der Waals surface area contributed by atoms with Crippen LogP contribution in [0.4, 0.5) is 0 Å². The molecule has 1 fully saturated rings. The molecular formula is C12H17NO2. The first-order valence-corrected chi connectivity index (χ1v) is 5.38. The Bertz CT molecular complexity index is 351. The summed E-state index contributed by atoms with van der Waals surface area (Å²) < 4.78 is 0. The summed E-state index contributed by atoms with van der Waals surface area (Å²) in [5, 5.41) is 21.8. The van der Waals surface area contributed by atoms with E-state index in [-0.39, 0.29) is 11.5 Å². The van der Waals surface area contributed by atoms with Crippen LogP contribution in [0.25, 0.3) is 0 Å². The molecule has 1 aromatic carbocycles. The minimum absolute atomic E-state index is 0.0471. The van der Waals surface area contributed by atoms with Gasteiger partial charge in [0.15, 0.2) is 11.5 Å². The standard InChI is InChI=1S/C12H17NO2/c1-8-4-10(8)7-13-6-9-2-3-11(14)12(15)5-9/h2-3,5,8,10,13-15H,4,6-7H2,1H3. The monoisotopic (exact) mass is 207 g/mol. The van der Waals surface area contributed by atoms with E-state index in [4.69, 9.17) is 5.11 Å². The summed E-state index contributed by atoms with van der Waals surface area (Å²) >= 11 is 0. The van der Waals surface area contributed by atoms with Crippen LogP contribution in [0.5, 0.6) is 11.5 Å². The minimum Gasteiger partial charge on any atom is -0.504 e. The SMILES string of the molecule is CC1CC1CNCc1ccc(O)c(O)c1. The molecular weight excluding hydrogens is 190 g/mol. The summed E-state index contributed by atoms with van der Waals surface area (Å²) in [5.41, 5.74) is 0.999. The van der Waals surface area contributed by atoms with E-state index in [0.717, 1.165) is 30.5 Å². The van der Waals surface area contributed by atoms with Gasteiger partial charge in [0.05, 0.1) is 0 Å². The van der Waals surface area contributed by atoms with Crippen LogP contribution in [0.15, 0.2) is 18.2 Å². The predicted octanol–water partition coefficient (Wildman–Crippen LogP) is 1.84. The van der Waals surface area contributed by atoms with Gasteiger partial charge in [-0.1, -0.05) is 13.0 Å².